The van der Waals surface area contributed by atoms with E-state index in [-0.39, 0.29) is 29.9 Å². The molecule has 3 aromatic rings. The summed E-state index contributed by atoms with van der Waals surface area (Å²) in [6.07, 6.45) is 0.166. The Morgan fingerprint density at radius 1 is 1.31 bits per heavy atom. The van der Waals surface area contributed by atoms with E-state index in [1.165, 1.54) is 18.2 Å². The zero-order valence-electron chi connectivity index (χ0n) is 20.1. The average Bonchev–Trinajstić information content (AvgIpc) is 3.28. The molecule has 0 N–H and O–H groups in total. The van der Waals surface area contributed by atoms with Crippen LogP contribution >= 0.6 is 0 Å². The summed E-state index contributed by atoms with van der Waals surface area (Å²) in [5.74, 6) is 5.40. The Hall–Kier alpha value is -3.44. The summed E-state index contributed by atoms with van der Waals surface area (Å²) in [5, 5.41) is 0. The first kappa shape index (κ1) is 17.2. The number of carbonyl (C=O) groups excluding carboxylic acids is 1. The molecular weight excluding hydrogens is 416 g/mol. The number of nitrogens with zero attached hydrogens (tertiary/aromatic N) is 3. The third-order valence-corrected chi connectivity index (χ3v) is 5.76. The highest BCUT2D eigenvalue weighted by molar-refractivity contribution is 5.97. The van der Waals surface area contributed by atoms with E-state index in [1.54, 1.807) is 12.1 Å². The minimum Gasteiger partial charge on any atom is -0.434 e. The molecule has 0 aliphatic carbocycles. The van der Waals surface area contributed by atoms with E-state index in [0.717, 1.165) is 4.90 Å². The van der Waals surface area contributed by atoms with Crippen LogP contribution in [0.2, 0.25) is 0 Å². The largest absolute Gasteiger partial charge is 0.434 e. The first-order valence-electron chi connectivity index (χ1n) is 11.7. The number of imidazole rings is 1. The monoisotopic (exact) mass is 440 g/mol. The topological polar surface area (TPSA) is 56.6 Å². The van der Waals surface area contributed by atoms with Gasteiger partial charge < -0.3 is 18.9 Å². The molecule has 164 valence electrons. The van der Waals surface area contributed by atoms with Crippen LogP contribution in [0.3, 0.4) is 0 Å². The van der Waals surface area contributed by atoms with Gasteiger partial charge in [-0.1, -0.05) is 17.9 Å². The lowest BCUT2D eigenvalue weighted by Gasteiger charge is -2.24. The van der Waals surface area contributed by atoms with Crippen molar-refractivity contribution in [1.29, 1.82) is 0 Å². The van der Waals surface area contributed by atoms with E-state index >= 15 is 0 Å². The van der Waals surface area contributed by atoms with E-state index in [2.05, 4.69) is 16.8 Å². The lowest BCUT2D eigenvalue weighted by atomic mass is 9.97. The smallest absolute Gasteiger partial charge is 0.387 e. The van der Waals surface area contributed by atoms with Crippen molar-refractivity contribution in [1.82, 2.24) is 14.5 Å². The molecule has 0 unspecified atom stereocenters. The maximum atomic E-state index is 13.4. The van der Waals surface area contributed by atoms with Crippen molar-refractivity contribution in [3.8, 4) is 17.6 Å². The Kier molecular flexibility index (Phi) is 4.24. The minimum atomic E-state index is -3.11. The predicted octanol–water partition coefficient (Wildman–Crippen LogP) is 4.15. The molecule has 0 spiro atoms. The Bertz CT molecular complexity index is 1380. The number of hydrogen-bond donors (Lipinski definition) is 0. The van der Waals surface area contributed by atoms with Crippen LogP contribution in [0.4, 0.5) is 8.78 Å². The Morgan fingerprint density at radius 3 is 2.97 bits per heavy atom. The normalized spacial score (nSPS) is 20.7. The van der Waals surface area contributed by atoms with Gasteiger partial charge in [-0.2, -0.15) is 8.78 Å². The molecule has 0 fully saturated rings. The maximum Gasteiger partial charge on any atom is 0.387 e. The van der Waals surface area contributed by atoms with Crippen LogP contribution in [-0.2, 0) is 4.74 Å². The summed E-state index contributed by atoms with van der Waals surface area (Å²) in [6.45, 7) is -3.17. The average molecular weight is 440 g/mol. The van der Waals surface area contributed by atoms with Gasteiger partial charge in [0.15, 0.2) is 0 Å². The van der Waals surface area contributed by atoms with E-state index < -0.39 is 31.6 Å². The minimum absolute atomic E-state index is 0.0203. The molecule has 2 aliphatic heterocycles. The van der Waals surface area contributed by atoms with E-state index in [0.29, 0.717) is 29.0 Å². The second-order valence-corrected chi connectivity index (χ2v) is 7.52. The van der Waals surface area contributed by atoms with Gasteiger partial charge in [0.25, 0.3) is 5.91 Å². The number of fused-ring (bicyclic) bond motifs is 9. The van der Waals surface area contributed by atoms with Gasteiger partial charge in [-0.05, 0) is 37.3 Å². The molecule has 1 aromatic heterocycles. The molecule has 2 atom stereocenters. The van der Waals surface area contributed by atoms with Crippen LogP contribution < -0.4 is 4.74 Å². The molecule has 32 heavy (non-hydrogen) atoms. The van der Waals surface area contributed by atoms with Crippen LogP contribution in [0, 0.1) is 11.8 Å². The number of carbonyl (C=O) groups is 1. The van der Waals surface area contributed by atoms with E-state index in [1.807, 2.05) is 17.6 Å². The highest BCUT2D eigenvalue weighted by Crippen LogP contribution is 2.49. The number of rotatable bonds is 4. The molecule has 3 heterocycles. The number of amides is 1. The fourth-order valence-electron chi connectivity index (χ4n) is 4.48. The number of hydrogen-bond acceptors (Lipinski definition) is 4. The van der Waals surface area contributed by atoms with Crippen molar-refractivity contribution in [2.75, 3.05) is 20.2 Å². The third kappa shape index (κ3) is 3.21. The zero-order chi connectivity index (χ0) is 24.9. The van der Waals surface area contributed by atoms with Gasteiger partial charge in [-0.25, -0.2) is 4.98 Å². The lowest BCUT2D eigenvalue weighted by Crippen LogP contribution is -2.30. The fraction of sp³-hybridized carbons (Fsp3) is 0.333. The highest BCUT2D eigenvalue weighted by Gasteiger charge is 2.44. The Morgan fingerprint density at radius 2 is 2.19 bits per heavy atom. The molecule has 1 amide bonds. The number of benzene rings is 2. The van der Waals surface area contributed by atoms with Crippen molar-refractivity contribution in [3.63, 3.8) is 0 Å². The summed E-state index contributed by atoms with van der Waals surface area (Å²) in [7, 11) is 0. The molecule has 2 bridgehead atoms. The molecule has 0 saturated heterocycles. The van der Waals surface area contributed by atoms with Gasteiger partial charge >= 0.3 is 6.61 Å². The first-order chi connectivity index (χ1) is 16.7. The summed E-state index contributed by atoms with van der Waals surface area (Å²) >= 11 is 0. The van der Waals surface area contributed by atoms with Crippen molar-refractivity contribution in [2.24, 2.45) is 0 Å². The van der Waals surface area contributed by atoms with Gasteiger partial charge in [0.1, 0.15) is 18.2 Å². The molecule has 0 saturated carbocycles. The van der Waals surface area contributed by atoms with Crippen LogP contribution in [0.15, 0.2) is 36.4 Å². The molecule has 8 heteroatoms. The molecule has 5 rings (SSSR count). The number of aromatic nitrogens is 2. The van der Waals surface area contributed by atoms with Crippen LogP contribution in [-0.4, -0.2) is 47.2 Å². The SMILES string of the molecule is [2H]C([2H])([2H])N1C(=O)c2cccc(OC(F)F)c2[C@H]2C[C@@H]1c1nc3ccc(C#CCOCC)cc3n12. The number of alkyl halides is 2. The summed E-state index contributed by atoms with van der Waals surface area (Å²) in [6, 6.07) is 8.09. The van der Waals surface area contributed by atoms with Crippen LogP contribution in [0.5, 0.6) is 5.75 Å². The van der Waals surface area contributed by atoms with Crippen molar-refractivity contribution in [2.45, 2.75) is 32.0 Å². The summed E-state index contributed by atoms with van der Waals surface area (Å²) in [5.41, 5.74) is 2.18. The van der Waals surface area contributed by atoms with Crippen molar-refractivity contribution < 1.29 is 27.2 Å². The van der Waals surface area contributed by atoms with E-state index in [9.17, 15) is 13.6 Å². The van der Waals surface area contributed by atoms with Crippen LogP contribution in [0.1, 0.15) is 56.8 Å². The van der Waals surface area contributed by atoms with Crippen LogP contribution in [0.25, 0.3) is 11.0 Å². The molecule has 0 radical (unpaired) electrons. The predicted molar refractivity (Wildman–Crippen MR) is 114 cm³/mol. The summed E-state index contributed by atoms with van der Waals surface area (Å²) in [4.78, 5) is 18.9. The summed E-state index contributed by atoms with van der Waals surface area (Å²) < 4.78 is 62.5. The second kappa shape index (κ2) is 7.92. The maximum absolute atomic E-state index is 13.4. The van der Waals surface area contributed by atoms with Gasteiger partial charge in [0.2, 0.25) is 0 Å². The zero-order valence-corrected chi connectivity index (χ0v) is 17.1. The highest BCUT2D eigenvalue weighted by atomic mass is 19.3. The lowest BCUT2D eigenvalue weighted by molar-refractivity contribution is -0.0507. The second-order valence-electron chi connectivity index (χ2n) is 7.52. The fourth-order valence-corrected chi connectivity index (χ4v) is 4.48. The van der Waals surface area contributed by atoms with Crippen molar-refractivity contribution >= 4 is 16.9 Å². The number of ether oxygens (including phenoxy) is 2. The Labute approximate surface area is 188 Å². The molecule has 2 aromatic carbocycles. The first-order valence-corrected chi connectivity index (χ1v) is 10.2. The van der Waals surface area contributed by atoms with E-state index in [4.69, 9.17) is 13.6 Å². The van der Waals surface area contributed by atoms with Gasteiger partial charge in [-0.15, -0.1) is 0 Å². The molecular formula is C24H21F2N3O3. The Balaban J connectivity index is 1.73. The molecule has 2 aliphatic rings. The quantitative estimate of drug-likeness (QED) is 0.452. The standard InChI is InChI=1S/C24H21F2N3O3/c1-3-31-11-5-6-14-9-10-16-17(12-14)29-18-13-19(22(29)27-16)28(2)23(30)15-7-4-8-20(21(15)18)32-24(25)26/h4,7-10,12,18-19,24H,3,11,13H2,1-2H3/t18-,19-/m1/s1/i2D3. The number of halogens is 2. The van der Waals surface area contributed by atoms with Gasteiger partial charge in [-0.3, -0.25) is 4.79 Å². The van der Waals surface area contributed by atoms with Gasteiger partial charge in [0.05, 0.1) is 23.1 Å². The molecule has 6 nitrogen and oxygen atoms in total. The van der Waals surface area contributed by atoms with Gasteiger partial charge in [0, 0.05) is 40.8 Å². The third-order valence-electron chi connectivity index (χ3n) is 5.76. The van der Waals surface area contributed by atoms with Crippen molar-refractivity contribution in [3.05, 3.63) is 58.9 Å².